The highest BCUT2D eigenvalue weighted by atomic mass is 35.5. The molecular formula is C15H18ClNOS. The molecule has 0 aliphatic rings. The number of hydrogen-bond donors (Lipinski definition) is 1. The summed E-state index contributed by atoms with van der Waals surface area (Å²) in [5.41, 5.74) is 8.39. The van der Waals surface area contributed by atoms with Gasteiger partial charge in [-0.05, 0) is 48.6 Å². The second-order valence-electron chi connectivity index (χ2n) is 4.69. The van der Waals surface area contributed by atoms with Crippen molar-refractivity contribution in [3.8, 4) is 0 Å². The molecule has 2 aromatic rings. The standard InChI is InChI=1S/C15H18ClNOS/c1-10-7-8-19-15(10)14(11(2)17)18-9-12-3-5-13(16)6-4-12/h3-8,11,14H,9,17H2,1-2H3. The van der Waals surface area contributed by atoms with E-state index >= 15 is 0 Å². The molecule has 0 radical (unpaired) electrons. The van der Waals surface area contributed by atoms with Crippen molar-refractivity contribution in [3.63, 3.8) is 0 Å². The molecule has 0 amide bonds. The van der Waals surface area contributed by atoms with Gasteiger partial charge in [0.2, 0.25) is 0 Å². The van der Waals surface area contributed by atoms with Crippen LogP contribution in [0.4, 0.5) is 0 Å². The lowest BCUT2D eigenvalue weighted by atomic mass is 10.1. The highest BCUT2D eigenvalue weighted by Gasteiger charge is 2.20. The average Bonchev–Trinajstić information content (AvgIpc) is 2.78. The molecule has 0 aliphatic heterocycles. The van der Waals surface area contributed by atoms with Crippen molar-refractivity contribution in [1.82, 2.24) is 0 Å². The predicted molar refractivity (Wildman–Crippen MR) is 81.7 cm³/mol. The predicted octanol–water partition coefficient (Wildman–Crippen LogP) is 4.32. The van der Waals surface area contributed by atoms with Crippen molar-refractivity contribution >= 4 is 22.9 Å². The van der Waals surface area contributed by atoms with Gasteiger partial charge in [0.15, 0.2) is 0 Å². The summed E-state index contributed by atoms with van der Waals surface area (Å²) in [4.78, 5) is 1.21. The van der Waals surface area contributed by atoms with Crippen LogP contribution in [0.15, 0.2) is 35.7 Å². The largest absolute Gasteiger partial charge is 0.366 e. The molecule has 0 saturated heterocycles. The van der Waals surface area contributed by atoms with Gasteiger partial charge in [-0.25, -0.2) is 0 Å². The molecule has 0 fully saturated rings. The first-order valence-electron chi connectivity index (χ1n) is 6.23. The van der Waals surface area contributed by atoms with Crippen molar-refractivity contribution in [3.05, 3.63) is 56.7 Å². The number of benzene rings is 1. The van der Waals surface area contributed by atoms with Crippen molar-refractivity contribution in [2.24, 2.45) is 5.73 Å². The smallest absolute Gasteiger partial charge is 0.107 e. The summed E-state index contributed by atoms with van der Waals surface area (Å²) in [5.74, 6) is 0. The minimum Gasteiger partial charge on any atom is -0.366 e. The molecule has 19 heavy (non-hydrogen) atoms. The van der Waals surface area contributed by atoms with Crippen molar-refractivity contribution in [2.45, 2.75) is 32.6 Å². The van der Waals surface area contributed by atoms with Gasteiger partial charge in [-0.15, -0.1) is 11.3 Å². The monoisotopic (exact) mass is 295 g/mol. The Hall–Kier alpha value is -0.870. The molecule has 2 unspecified atom stereocenters. The van der Waals surface area contributed by atoms with E-state index < -0.39 is 0 Å². The zero-order valence-corrected chi connectivity index (χ0v) is 12.7. The molecular weight excluding hydrogens is 278 g/mol. The van der Waals surface area contributed by atoms with Crippen LogP contribution in [0.25, 0.3) is 0 Å². The molecule has 2 rings (SSSR count). The highest BCUT2D eigenvalue weighted by Crippen LogP contribution is 2.29. The molecule has 4 heteroatoms. The molecule has 0 aliphatic carbocycles. The Labute approximate surface area is 123 Å². The van der Waals surface area contributed by atoms with E-state index in [0.717, 1.165) is 10.6 Å². The lowest BCUT2D eigenvalue weighted by molar-refractivity contribution is 0.0279. The Balaban J connectivity index is 2.06. The van der Waals surface area contributed by atoms with Gasteiger partial charge < -0.3 is 10.5 Å². The van der Waals surface area contributed by atoms with E-state index in [2.05, 4.69) is 18.4 Å². The minimum atomic E-state index is -0.0596. The lowest BCUT2D eigenvalue weighted by Crippen LogP contribution is -2.26. The third kappa shape index (κ3) is 3.80. The lowest BCUT2D eigenvalue weighted by Gasteiger charge is -2.21. The number of hydrogen-bond acceptors (Lipinski definition) is 3. The Morgan fingerprint density at radius 2 is 1.95 bits per heavy atom. The van der Waals surface area contributed by atoms with Crippen molar-refractivity contribution < 1.29 is 4.74 Å². The summed E-state index contributed by atoms with van der Waals surface area (Å²) in [6, 6.07) is 9.75. The van der Waals surface area contributed by atoms with Crippen LogP contribution in [0, 0.1) is 6.92 Å². The number of ether oxygens (including phenoxy) is 1. The van der Waals surface area contributed by atoms with Gasteiger partial charge in [0.05, 0.1) is 6.61 Å². The van der Waals surface area contributed by atoms with E-state index in [1.54, 1.807) is 11.3 Å². The normalized spacial score (nSPS) is 14.3. The Kier molecular flexibility index (Phi) is 4.99. The first-order valence-corrected chi connectivity index (χ1v) is 7.49. The SMILES string of the molecule is Cc1ccsc1C(OCc1ccc(Cl)cc1)C(C)N. The van der Waals surface area contributed by atoms with Crippen LogP contribution in [-0.4, -0.2) is 6.04 Å². The van der Waals surface area contributed by atoms with Crippen LogP contribution in [0.1, 0.15) is 29.0 Å². The van der Waals surface area contributed by atoms with Gasteiger partial charge in [0.25, 0.3) is 0 Å². The van der Waals surface area contributed by atoms with Crippen LogP contribution in [0.5, 0.6) is 0 Å². The van der Waals surface area contributed by atoms with Crippen LogP contribution in [0.2, 0.25) is 5.02 Å². The molecule has 1 aromatic heterocycles. The molecule has 1 heterocycles. The van der Waals surface area contributed by atoms with Crippen LogP contribution >= 0.6 is 22.9 Å². The van der Waals surface area contributed by atoms with Crippen LogP contribution in [0.3, 0.4) is 0 Å². The summed E-state index contributed by atoms with van der Waals surface area (Å²) >= 11 is 7.57. The van der Waals surface area contributed by atoms with Gasteiger partial charge in [0.1, 0.15) is 6.10 Å². The molecule has 0 saturated carbocycles. The third-order valence-electron chi connectivity index (χ3n) is 2.98. The third-order valence-corrected chi connectivity index (χ3v) is 4.31. The second kappa shape index (κ2) is 6.53. The van der Waals surface area contributed by atoms with Crippen molar-refractivity contribution in [2.75, 3.05) is 0 Å². The van der Waals surface area contributed by atoms with Crippen molar-refractivity contribution in [1.29, 1.82) is 0 Å². The molecule has 1 aromatic carbocycles. The maximum Gasteiger partial charge on any atom is 0.107 e. The molecule has 0 bridgehead atoms. The first-order chi connectivity index (χ1) is 9.08. The van der Waals surface area contributed by atoms with Gasteiger partial charge in [-0.3, -0.25) is 0 Å². The summed E-state index contributed by atoms with van der Waals surface area (Å²) in [6.07, 6.45) is -0.0596. The summed E-state index contributed by atoms with van der Waals surface area (Å²) in [7, 11) is 0. The average molecular weight is 296 g/mol. The van der Waals surface area contributed by atoms with E-state index in [0.29, 0.717) is 6.61 Å². The van der Waals surface area contributed by atoms with Gasteiger partial charge >= 0.3 is 0 Å². The zero-order chi connectivity index (χ0) is 13.8. The fourth-order valence-corrected chi connectivity index (χ4v) is 3.12. The number of thiophene rings is 1. The molecule has 0 spiro atoms. The van der Waals surface area contributed by atoms with Crippen LogP contribution < -0.4 is 5.73 Å². The number of nitrogens with two attached hydrogens (primary N) is 1. The van der Waals surface area contributed by atoms with E-state index in [1.165, 1.54) is 10.4 Å². The number of aryl methyl sites for hydroxylation is 1. The summed E-state index contributed by atoms with van der Waals surface area (Å²) < 4.78 is 6.00. The topological polar surface area (TPSA) is 35.2 Å². The zero-order valence-electron chi connectivity index (χ0n) is 11.1. The molecule has 2 N–H and O–H groups in total. The van der Waals surface area contributed by atoms with Crippen LogP contribution in [-0.2, 0) is 11.3 Å². The van der Waals surface area contributed by atoms with E-state index in [1.807, 2.05) is 31.2 Å². The Morgan fingerprint density at radius 1 is 1.26 bits per heavy atom. The maximum atomic E-state index is 6.05. The number of rotatable bonds is 5. The molecule has 2 atom stereocenters. The summed E-state index contributed by atoms with van der Waals surface area (Å²) in [5, 5.41) is 2.81. The van der Waals surface area contributed by atoms with Gasteiger partial charge in [-0.2, -0.15) is 0 Å². The minimum absolute atomic E-state index is 0.0374. The molecule has 2 nitrogen and oxygen atoms in total. The number of halogens is 1. The summed E-state index contributed by atoms with van der Waals surface area (Å²) in [6.45, 7) is 4.61. The first kappa shape index (κ1) is 14.5. The Morgan fingerprint density at radius 3 is 2.47 bits per heavy atom. The van der Waals surface area contributed by atoms with E-state index in [9.17, 15) is 0 Å². The molecule has 102 valence electrons. The van der Waals surface area contributed by atoms with E-state index in [4.69, 9.17) is 22.1 Å². The maximum absolute atomic E-state index is 6.05. The quantitative estimate of drug-likeness (QED) is 0.892. The fraction of sp³-hybridized carbons (Fsp3) is 0.333. The Bertz CT molecular complexity index is 521. The second-order valence-corrected chi connectivity index (χ2v) is 6.07. The highest BCUT2D eigenvalue weighted by molar-refractivity contribution is 7.10. The van der Waals surface area contributed by atoms with Gasteiger partial charge in [0, 0.05) is 15.9 Å². The fourth-order valence-electron chi connectivity index (χ4n) is 1.91. The van der Waals surface area contributed by atoms with E-state index in [-0.39, 0.29) is 12.1 Å². The van der Waals surface area contributed by atoms with Gasteiger partial charge in [-0.1, -0.05) is 23.7 Å².